The van der Waals surface area contributed by atoms with Crippen LogP contribution in [0.1, 0.15) is 25.3 Å². The number of aromatic nitrogens is 1. The number of pyridine rings is 1. The standard InChI is InChI=1S/C13H19ClN2O/c1-13(3-6-17-7-4-13)10-16-8-11-2-5-15-9-12(11)14/h2,5,9,16H,3-4,6-8,10H2,1H3. The molecule has 3 nitrogen and oxygen atoms in total. The smallest absolute Gasteiger partial charge is 0.0634 e. The molecule has 4 heteroatoms. The molecule has 1 aliphatic rings. The molecule has 0 spiro atoms. The molecule has 1 aromatic heterocycles. The fourth-order valence-corrected chi connectivity index (χ4v) is 2.27. The third-order valence-corrected chi connectivity index (χ3v) is 3.76. The summed E-state index contributed by atoms with van der Waals surface area (Å²) in [7, 11) is 0. The molecule has 0 aromatic carbocycles. The quantitative estimate of drug-likeness (QED) is 0.897. The summed E-state index contributed by atoms with van der Waals surface area (Å²) in [6, 6.07) is 1.96. The van der Waals surface area contributed by atoms with Crippen LogP contribution in [0.25, 0.3) is 0 Å². The van der Waals surface area contributed by atoms with Gasteiger partial charge in [0.25, 0.3) is 0 Å². The van der Waals surface area contributed by atoms with E-state index >= 15 is 0 Å². The predicted octanol–water partition coefficient (Wildman–Crippen LogP) is 2.64. The molecule has 94 valence electrons. The zero-order chi connectivity index (χ0) is 12.1. The monoisotopic (exact) mass is 254 g/mol. The van der Waals surface area contributed by atoms with Crippen molar-refractivity contribution in [3.63, 3.8) is 0 Å². The second-order valence-electron chi connectivity index (χ2n) is 4.99. The van der Waals surface area contributed by atoms with E-state index in [2.05, 4.69) is 17.2 Å². The van der Waals surface area contributed by atoms with Gasteiger partial charge in [-0.3, -0.25) is 4.98 Å². The van der Waals surface area contributed by atoms with E-state index in [4.69, 9.17) is 16.3 Å². The first-order chi connectivity index (χ1) is 8.20. The highest BCUT2D eigenvalue weighted by molar-refractivity contribution is 6.31. The van der Waals surface area contributed by atoms with Gasteiger partial charge in [0.05, 0.1) is 5.02 Å². The summed E-state index contributed by atoms with van der Waals surface area (Å²) in [5.74, 6) is 0. The fraction of sp³-hybridized carbons (Fsp3) is 0.615. The van der Waals surface area contributed by atoms with Crippen molar-refractivity contribution in [3.8, 4) is 0 Å². The largest absolute Gasteiger partial charge is 0.381 e. The van der Waals surface area contributed by atoms with E-state index in [-0.39, 0.29) is 0 Å². The fourth-order valence-electron chi connectivity index (χ4n) is 2.09. The van der Waals surface area contributed by atoms with Crippen LogP contribution in [-0.4, -0.2) is 24.7 Å². The third kappa shape index (κ3) is 3.66. The van der Waals surface area contributed by atoms with Crippen LogP contribution < -0.4 is 5.32 Å². The van der Waals surface area contributed by atoms with Gasteiger partial charge in [0.1, 0.15) is 0 Å². The van der Waals surface area contributed by atoms with Crippen molar-refractivity contribution >= 4 is 11.6 Å². The number of halogens is 1. The maximum atomic E-state index is 6.06. The normalized spacial score (nSPS) is 19.2. The minimum atomic E-state index is 0.359. The minimum Gasteiger partial charge on any atom is -0.381 e. The summed E-state index contributed by atoms with van der Waals surface area (Å²) in [5, 5.41) is 4.22. The van der Waals surface area contributed by atoms with Gasteiger partial charge in [-0.1, -0.05) is 18.5 Å². The highest BCUT2D eigenvalue weighted by atomic mass is 35.5. The molecule has 1 saturated heterocycles. The molecule has 2 heterocycles. The number of hydrogen-bond acceptors (Lipinski definition) is 3. The van der Waals surface area contributed by atoms with Crippen molar-refractivity contribution in [2.45, 2.75) is 26.3 Å². The molecule has 1 aromatic rings. The molecule has 0 bridgehead atoms. The SMILES string of the molecule is CC1(CNCc2ccncc2Cl)CCOCC1. The molecule has 0 unspecified atom stereocenters. The Morgan fingerprint density at radius 1 is 1.47 bits per heavy atom. The lowest BCUT2D eigenvalue weighted by atomic mass is 9.82. The van der Waals surface area contributed by atoms with Gasteiger partial charge >= 0.3 is 0 Å². The molecule has 1 aliphatic heterocycles. The summed E-state index contributed by atoms with van der Waals surface area (Å²) in [5.41, 5.74) is 1.47. The van der Waals surface area contributed by atoms with Crippen molar-refractivity contribution < 1.29 is 4.74 Å². The van der Waals surface area contributed by atoms with Crippen LogP contribution in [0.3, 0.4) is 0 Å². The van der Waals surface area contributed by atoms with Gasteiger partial charge < -0.3 is 10.1 Å². The first-order valence-electron chi connectivity index (χ1n) is 6.06. The van der Waals surface area contributed by atoms with Crippen LogP contribution in [0.2, 0.25) is 5.02 Å². The summed E-state index contributed by atoms with van der Waals surface area (Å²) >= 11 is 6.06. The first kappa shape index (κ1) is 12.8. The summed E-state index contributed by atoms with van der Waals surface area (Å²) < 4.78 is 5.39. The van der Waals surface area contributed by atoms with Gasteiger partial charge in [0, 0.05) is 38.7 Å². The van der Waals surface area contributed by atoms with Crippen LogP contribution in [0, 0.1) is 5.41 Å². The molecule has 1 fully saturated rings. The lowest BCUT2D eigenvalue weighted by Crippen LogP contribution is -2.36. The van der Waals surface area contributed by atoms with Crippen molar-refractivity contribution in [2.75, 3.05) is 19.8 Å². The topological polar surface area (TPSA) is 34.2 Å². The second kappa shape index (κ2) is 5.80. The van der Waals surface area contributed by atoms with Crippen LogP contribution in [0.5, 0.6) is 0 Å². The number of rotatable bonds is 4. The predicted molar refractivity (Wildman–Crippen MR) is 69.1 cm³/mol. The number of ether oxygens (including phenoxy) is 1. The maximum absolute atomic E-state index is 6.06. The number of hydrogen-bond donors (Lipinski definition) is 1. The second-order valence-corrected chi connectivity index (χ2v) is 5.40. The Labute approximate surface area is 108 Å². The molecule has 17 heavy (non-hydrogen) atoms. The highest BCUT2D eigenvalue weighted by Gasteiger charge is 2.26. The van der Waals surface area contributed by atoms with E-state index < -0.39 is 0 Å². The van der Waals surface area contributed by atoms with Gasteiger partial charge in [0.2, 0.25) is 0 Å². The van der Waals surface area contributed by atoms with E-state index in [0.29, 0.717) is 5.41 Å². The van der Waals surface area contributed by atoms with Gasteiger partial charge in [0.15, 0.2) is 0 Å². The lowest BCUT2D eigenvalue weighted by Gasteiger charge is -2.33. The van der Waals surface area contributed by atoms with Crippen molar-refractivity contribution in [1.29, 1.82) is 0 Å². The Balaban J connectivity index is 1.81. The molecule has 0 aliphatic carbocycles. The molecular formula is C13H19ClN2O. The van der Waals surface area contributed by atoms with Crippen molar-refractivity contribution in [3.05, 3.63) is 29.0 Å². The van der Waals surface area contributed by atoms with E-state index in [1.54, 1.807) is 12.4 Å². The number of nitrogens with zero attached hydrogens (tertiary/aromatic N) is 1. The van der Waals surface area contributed by atoms with Gasteiger partial charge in [-0.05, 0) is 29.9 Å². The third-order valence-electron chi connectivity index (χ3n) is 3.42. The van der Waals surface area contributed by atoms with Crippen LogP contribution >= 0.6 is 11.6 Å². The lowest BCUT2D eigenvalue weighted by molar-refractivity contribution is 0.0240. The first-order valence-corrected chi connectivity index (χ1v) is 6.44. The Morgan fingerprint density at radius 3 is 2.94 bits per heavy atom. The molecule has 0 atom stereocenters. The molecule has 0 saturated carbocycles. The average Bonchev–Trinajstić information content (AvgIpc) is 2.32. The Kier molecular flexibility index (Phi) is 4.37. The molecule has 0 radical (unpaired) electrons. The summed E-state index contributed by atoms with van der Waals surface area (Å²) in [4.78, 5) is 3.98. The van der Waals surface area contributed by atoms with Gasteiger partial charge in [-0.2, -0.15) is 0 Å². The Bertz CT molecular complexity index is 364. The van der Waals surface area contributed by atoms with Crippen molar-refractivity contribution in [2.24, 2.45) is 5.41 Å². The van der Waals surface area contributed by atoms with Crippen LogP contribution in [-0.2, 0) is 11.3 Å². The zero-order valence-electron chi connectivity index (χ0n) is 10.2. The molecular weight excluding hydrogens is 236 g/mol. The average molecular weight is 255 g/mol. The summed E-state index contributed by atoms with van der Waals surface area (Å²) in [6.45, 7) is 5.89. The zero-order valence-corrected chi connectivity index (χ0v) is 11.0. The van der Waals surface area contributed by atoms with E-state index in [0.717, 1.165) is 49.7 Å². The Morgan fingerprint density at radius 2 is 2.24 bits per heavy atom. The van der Waals surface area contributed by atoms with E-state index in [1.165, 1.54) is 0 Å². The van der Waals surface area contributed by atoms with Gasteiger partial charge in [-0.25, -0.2) is 0 Å². The number of nitrogens with one attached hydrogen (secondary N) is 1. The molecule has 1 N–H and O–H groups in total. The molecule has 0 amide bonds. The van der Waals surface area contributed by atoms with E-state index in [9.17, 15) is 0 Å². The Hall–Kier alpha value is -0.640. The maximum Gasteiger partial charge on any atom is 0.0634 e. The van der Waals surface area contributed by atoms with Crippen LogP contribution in [0.4, 0.5) is 0 Å². The van der Waals surface area contributed by atoms with E-state index in [1.807, 2.05) is 6.07 Å². The van der Waals surface area contributed by atoms with Crippen molar-refractivity contribution in [1.82, 2.24) is 10.3 Å². The summed E-state index contributed by atoms with van der Waals surface area (Å²) in [6.07, 6.45) is 5.72. The minimum absolute atomic E-state index is 0.359. The molecule has 2 rings (SSSR count). The highest BCUT2D eigenvalue weighted by Crippen LogP contribution is 2.28. The van der Waals surface area contributed by atoms with Crippen LogP contribution in [0.15, 0.2) is 18.5 Å². The van der Waals surface area contributed by atoms with Gasteiger partial charge in [-0.15, -0.1) is 0 Å².